The molecule has 1 aromatic carbocycles. The van der Waals surface area contributed by atoms with Gasteiger partial charge < -0.3 is 9.47 Å². The Bertz CT molecular complexity index is 1100. The lowest BCUT2D eigenvalue weighted by molar-refractivity contribution is 0.365. The monoisotopic (exact) mass is 381 g/mol. The first kappa shape index (κ1) is 17.2. The Morgan fingerprint density at radius 1 is 0.963 bits per heavy atom. The van der Waals surface area contributed by atoms with E-state index in [0.29, 0.717) is 34.1 Å². The molecule has 0 saturated heterocycles. The molecule has 0 amide bonds. The summed E-state index contributed by atoms with van der Waals surface area (Å²) < 4.78 is 12.6. The zero-order valence-electron chi connectivity index (χ0n) is 15.0. The van der Waals surface area contributed by atoms with E-state index in [4.69, 9.17) is 21.1 Å². The van der Waals surface area contributed by atoms with Gasteiger partial charge in [-0.25, -0.2) is 9.97 Å². The molecular weight excluding hydrogens is 366 g/mol. The zero-order chi connectivity index (χ0) is 19.0. The number of ether oxygens (including phenoxy) is 2. The minimum absolute atomic E-state index is 0.406. The third kappa shape index (κ3) is 2.86. The number of rotatable bonds is 4. The van der Waals surface area contributed by atoms with Gasteiger partial charge >= 0.3 is 0 Å². The molecule has 3 heterocycles. The van der Waals surface area contributed by atoms with Gasteiger partial charge in [0.1, 0.15) is 0 Å². The summed E-state index contributed by atoms with van der Waals surface area (Å²) >= 11 is 6.51. The minimum Gasteiger partial charge on any atom is -0.481 e. The summed E-state index contributed by atoms with van der Waals surface area (Å²) in [5.74, 6) is 1.82. The Morgan fingerprint density at radius 3 is 2.26 bits per heavy atom. The molecule has 0 aliphatic carbocycles. The molecule has 0 radical (unpaired) electrons. The molecule has 0 unspecified atom stereocenters. The van der Waals surface area contributed by atoms with E-state index in [1.165, 1.54) is 0 Å². The molecule has 27 heavy (non-hydrogen) atoms. The molecule has 0 atom stereocenters. The van der Waals surface area contributed by atoms with Crippen molar-refractivity contribution in [2.45, 2.75) is 6.92 Å². The lowest BCUT2D eigenvalue weighted by atomic mass is 10.1. The van der Waals surface area contributed by atoms with E-state index in [0.717, 1.165) is 16.5 Å². The molecule has 0 bridgehead atoms. The number of halogens is 1. The average molecular weight is 382 g/mol. The summed E-state index contributed by atoms with van der Waals surface area (Å²) in [6.07, 6.45) is 5.23. The van der Waals surface area contributed by atoms with Crippen molar-refractivity contribution in [3.63, 3.8) is 0 Å². The third-order valence-corrected chi connectivity index (χ3v) is 4.55. The normalized spacial score (nSPS) is 11.0. The van der Waals surface area contributed by atoms with Crippen molar-refractivity contribution >= 4 is 22.5 Å². The van der Waals surface area contributed by atoms with Gasteiger partial charge in [-0.2, -0.15) is 9.97 Å². The van der Waals surface area contributed by atoms with Gasteiger partial charge in [0, 0.05) is 24.0 Å². The van der Waals surface area contributed by atoms with Crippen LogP contribution in [0.3, 0.4) is 0 Å². The molecule has 136 valence electrons. The summed E-state index contributed by atoms with van der Waals surface area (Å²) in [7, 11) is 3.12. The Hall–Kier alpha value is -3.19. The third-order valence-electron chi connectivity index (χ3n) is 4.24. The maximum Gasteiger partial charge on any atom is 0.240 e. The minimum atomic E-state index is 0.406. The molecule has 3 aromatic heterocycles. The SMILES string of the molecule is COc1nc(-n2ccc3ccc(Cl)c(-c4ncccn4)c32)nc(OC)c1C. The largest absolute Gasteiger partial charge is 0.481 e. The molecule has 4 aromatic rings. The number of nitrogens with zero attached hydrogens (tertiary/aromatic N) is 5. The molecule has 0 spiro atoms. The van der Waals surface area contributed by atoms with Crippen molar-refractivity contribution in [1.82, 2.24) is 24.5 Å². The van der Waals surface area contributed by atoms with Crippen LogP contribution in [0.5, 0.6) is 11.8 Å². The van der Waals surface area contributed by atoms with Gasteiger partial charge in [-0.15, -0.1) is 0 Å². The van der Waals surface area contributed by atoms with E-state index in [1.54, 1.807) is 32.7 Å². The summed E-state index contributed by atoms with van der Waals surface area (Å²) in [6, 6.07) is 7.48. The zero-order valence-corrected chi connectivity index (χ0v) is 15.7. The molecule has 0 aliphatic rings. The van der Waals surface area contributed by atoms with Crippen LogP contribution in [-0.4, -0.2) is 38.7 Å². The highest BCUT2D eigenvalue weighted by Gasteiger charge is 2.19. The number of hydrogen-bond acceptors (Lipinski definition) is 6. The fourth-order valence-corrected chi connectivity index (χ4v) is 3.22. The first-order valence-electron chi connectivity index (χ1n) is 8.18. The van der Waals surface area contributed by atoms with Crippen LogP contribution in [-0.2, 0) is 0 Å². The molecule has 4 rings (SSSR count). The predicted octanol–water partition coefficient (Wildman–Crippen LogP) is 3.86. The van der Waals surface area contributed by atoms with Crippen LogP contribution in [0.1, 0.15) is 5.56 Å². The maximum atomic E-state index is 6.51. The molecule has 0 fully saturated rings. The highest BCUT2D eigenvalue weighted by Crippen LogP contribution is 2.35. The van der Waals surface area contributed by atoms with Crippen LogP contribution in [0.15, 0.2) is 42.9 Å². The van der Waals surface area contributed by atoms with Gasteiger partial charge in [0.25, 0.3) is 0 Å². The Labute approximate surface area is 160 Å². The van der Waals surface area contributed by atoms with E-state index < -0.39 is 0 Å². The number of benzene rings is 1. The topological polar surface area (TPSA) is 75.0 Å². The summed E-state index contributed by atoms with van der Waals surface area (Å²) in [5.41, 5.74) is 2.24. The summed E-state index contributed by atoms with van der Waals surface area (Å²) in [6.45, 7) is 1.84. The Morgan fingerprint density at radius 2 is 1.63 bits per heavy atom. The maximum absolute atomic E-state index is 6.51. The number of hydrogen-bond donors (Lipinski definition) is 0. The molecule has 0 aliphatic heterocycles. The lowest BCUT2D eigenvalue weighted by Gasteiger charge is -2.13. The molecule has 7 nitrogen and oxygen atoms in total. The second kappa shape index (κ2) is 6.85. The molecule has 0 N–H and O–H groups in total. The van der Waals surface area contributed by atoms with Crippen molar-refractivity contribution in [2.75, 3.05) is 14.2 Å². The molecule has 0 saturated carbocycles. The molecule has 8 heteroatoms. The van der Waals surface area contributed by atoms with Crippen LogP contribution >= 0.6 is 11.6 Å². The number of aromatic nitrogens is 5. The van der Waals surface area contributed by atoms with Crippen molar-refractivity contribution < 1.29 is 9.47 Å². The fraction of sp³-hybridized carbons (Fsp3) is 0.158. The highest BCUT2D eigenvalue weighted by atomic mass is 35.5. The number of fused-ring (bicyclic) bond motifs is 1. The van der Waals surface area contributed by atoms with Crippen LogP contribution in [0.2, 0.25) is 5.02 Å². The van der Waals surface area contributed by atoms with E-state index in [-0.39, 0.29) is 0 Å². The van der Waals surface area contributed by atoms with E-state index in [9.17, 15) is 0 Å². The van der Waals surface area contributed by atoms with Crippen molar-refractivity contribution in [1.29, 1.82) is 0 Å². The van der Waals surface area contributed by atoms with Crippen molar-refractivity contribution in [3.8, 4) is 29.1 Å². The van der Waals surface area contributed by atoms with Gasteiger partial charge in [-0.1, -0.05) is 17.7 Å². The van der Waals surface area contributed by atoms with Crippen molar-refractivity contribution in [3.05, 3.63) is 53.4 Å². The van der Waals surface area contributed by atoms with Gasteiger partial charge in [0.2, 0.25) is 17.7 Å². The van der Waals surface area contributed by atoms with Gasteiger partial charge in [-0.3, -0.25) is 4.57 Å². The summed E-state index contributed by atoms with van der Waals surface area (Å²) in [4.78, 5) is 17.8. The van der Waals surface area contributed by atoms with Crippen LogP contribution in [0, 0.1) is 6.92 Å². The van der Waals surface area contributed by atoms with Gasteiger partial charge in [0.05, 0.1) is 35.9 Å². The van der Waals surface area contributed by atoms with E-state index in [2.05, 4.69) is 19.9 Å². The molecular formula is C19H16ClN5O2. The Balaban J connectivity index is 2.04. The highest BCUT2D eigenvalue weighted by molar-refractivity contribution is 6.34. The van der Waals surface area contributed by atoms with E-state index in [1.807, 2.05) is 35.9 Å². The first-order valence-corrected chi connectivity index (χ1v) is 8.55. The average Bonchev–Trinajstić information content (AvgIpc) is 3.13. The smallest absolute Gasteiger partial charge is 0.240 e. The van der Waals surface area contributed by atoms with Crippen LogP contribution < -0.4 is 9.47 Å². The van der Waals surface area contributed by atoms with E-state index >= 15 is 0 Å². The second-order valence-electron chi connectivity index (χ2n) is 5.79. The standard InChI is InChI=1S/C19H16ClN5O2/c1-11-17(26-2)23-19(24-18(11)27-3)25-10-7-12-5-6-13(20)14(15(12)25)16-21-8-4-9-22-16/h4-10H,1-3H3. The predicted molar refractivity (Wildman–Crippen MR) is 103 cm³/mol. The van der Waals surface area contributed by atoms with Crippen molar-refractivity contribution in [2.24, 2.45) is 0 Å². The first-order chi connectivity index (χ1) is 13.1. The quantitative estimate of drug-likeness (QED) is 0.534. The van der Waals surface area contributed by atoms with Gasteiger partial charge in [0.15, 0.2) is 5.82 Å². The Kier molecular flexibility index (Phi) is 4.37. The fourth-order valence-electron chi connectivity index (χ4n) is 2.98. The van der Waals surface area contributed by atoms with Gasteiger partial charge in [-0.05, 0) is 25.1 Å². The number of methoxy groups -OCH3 is 2. The van der Waals surface area contributed by atoms with Crippen LogP contribution in [0.4, 0.5) is 0 Å². The second-order valence-corrected chi connectivity index (χ2v) is 6.19. The van der Waals surface area contributed by atoms with Crippen LogP contribution in [0.25, 0.3) is 28.2 Å². The lowest BCUT2D eigenvalue weighted by Crippen LogP contribution is -2.06. The summed E-state index contributed by atoms with van der Waals surface area (Å²) in [5, 5.41) is 1.50.